The summed E-state index contributed by atoms with van der Waals surface area (Å²) >= 11 is 12.2. The molecule has 2 bridgehead atoms. The highest BCUT2D eigenvalue weighted by atomic mass is 35.5. The number of amides is 1. The van der Waals surface area contributed by atoms with E-state index in [4.69, 9.17) is 27.9 Å². The van der Waals surface area contributed by atoms with Crippen LogP contribution < -0.4 is 0 Å². The third-order valence-corrected chi connectivity index (χ3v) is 5.71. The van der Waals surface area contributed by atoms with Gasteiger partial charge in [0.2, 0.25) is 5.91 Å². The number of fused-ring (bicyclic) bond motifs is 1. The van der Waals surface area contributed by atoms with Gasteiger partial charge in [-0.3, -0.25) is 9.59 Å². The summed E-state index contributed by atoms with van der Waals surface area (Å²) in [7, 11) is 0. The second kappa shape index (κ2) is 4.97. The number of rotatable bonds is 3. The van der Waals surface area contributed by atoms with Crippen molar-refractivity contribution in [1.29, 1.82) is 0 Å². The number of carboxylic acids is 1. The SMILES string of the molecule is O=C(O)[C@H]1[C@H]2C(=O)N(Cc3cccc(Cl)c3Cl)C[C@@]23C=C[C@H]1O3. The third-order valence-electron chi connectivity index (χ3n) is 4.86. The van der Waals surface area contributed by atoms with E-state index in [0.717, 1.165) is 5.56 Å². The second-order valence-corrected chi connectivity index (χ2v) is 6.93. The summed E-state index contributed by atoms with van der Waals surface area (Å²) in [4.78, 5) is 25.9. The summed E-state index contributed by atoms with van der Waals surface area (Å²) in [6, 6.07) is 5.25. The molecule has 23 heavy (non-hydrogen) atoms. The predicted octanol–water partition coefficient (Wildman–Crippen LogP) is 2.36. The molecule has 0 aromatic heterocycles. The molecule has 2 fully saturated rings. The van der Waals surface area contributed by atoms with Gasteiger partial charge in [-0.1, -0.05) is 47.5 Å². The van der Waals surface area contributed by atoms with Gasteiger partial charge in [0, 0.05) is 6.54 Å². The Morgan fingerprint density at radius 1 is 1.43 bits per heavy atom. The molecule has 2 saturated heterocycles. The molecule has 1 aromatic rings. The van der Waals surface area contributed by atoms with Gasteiger partial charge in [0.05, 0.1) is 28.6 Å². The first-order chi connectivity index (χ1) is 10.9. The number of carbonyl (C=O) groups excluding carboxylic acids is 1. The molecular weight excluding hydrogens is 341 g/mol. The standard InChI is InChI=1S/C16H13Cl2NO4/c17-9-3-1-2-8(13(9)18)6-19-7-16-5-4-10(23-16)11(15(21)22)12(16)14(19)20/h1-5,10-12H,6-7H2,(H,21,22)/t10-,11-,12+,16+/m1/s1. The summed E-state index contributed by atoms with van der Waals surface area (Å²) in [5.74, 6) is -2.71. The van der Waals surface area contributed by atoms with E-state index in [1.807, 2.05) is 6.08 Å². The number of carboxylic acid groups (broad SMARTS) is 1. The average molecular weight is 354 g/mol. The van der Waals surface area contributed by atoms with E-state index >= 15 is 0 Å². The van der Waals surface area contributed by atoms with Crippen LogP contribution in [0.5, 0.6) is 0 Å². The normalized spacial score (nSPS) is 34.3. The summed E-state index contributed by atoms with van der Waals surface area (Å²) < 4.78 is 5.84. The van der Waals surface area contributed by atoms with Crippen LogP contribution in [-0.4, -0.2) is 40.1 Å². The van der Waals surface area contributed by atoms with Crippen LogP contribution in [0, 0.1) is 11.8 Å². The Balaban J connectivity index is 1.64. The molecule has 0 aliphatic carbocycles. The van der Waals surface area contributed by atoms with Crippen molar-refractivity contribution in [2.24, 2.45) is 11.8 Å². The number of hydrogen-bond donors (Lipinski definition) is 1. The first kappa shape index (κ1) is 15.0. The van der Waals surface area contributed by atoms with Crippen molar-refractivity contribution in [2.45, 2.75) is 18.2 Å². The molecule has 1 aromatic carbocycles. The highest BCUT2D eigenvalue weighted by molar-refractivity contribution is 6.42. The largest absolute Gasteiger partial charge is 0.481 e. The Bertz CT molecular complexity index is 750. The Labute approximate surface area is 142 Å². The van der Waals surface area contributed by atoms with Crippen molar-refractivity contribution in [3.05, 3.63) is 46.0 Å². The van der Waals surface area contributed by atoms with Crippen LogP contribution >= 0.6 is 23.2 Å². The van der Waals surface area contributed by atoms with Crippen LogP contribution in [0.3, 0.4) is 0 Å². The third kappa shape index (κ3) is 2.04. The molecular formula is C16H13Cl2NO4. The minimum atomic E-state index is -0.998. The van der Waals surface area contributed by atoms with E-state index in [1.165, 1.54) is 0 Å². The fraction of sp³-hybridized carbons (Fsp3) is 0.375. The van der Waals surface area contributed by atoms with Gasteiger partial charge in [0.25, 0.3) is 0 Å². The number of hydrogen-bond acceptors (Lipinski definition) is 3. The maximum Gasteiger partial charge on any atom is 0.310 e. The maximum absolute atomic E-state index is 12.8. The topological polar surface area (TPSA) is 66.8 Å². The zero-order valence-electron chi connectivity index (χ0n) is 11.9. The molecule has 0 radical (unpaired) electrons. The second-order valence-electron chi connectivity index (χ2n) is 6.15. The lowest BCUT2D eigenvalue weighted by Crippen LogP contribution is -2.39. The van der Waals surface area contributed by atoms with Gasteiger partial charge in [0.15, 0.2) is 0 Å². The monoisotopic (exact) mass is 353 g/mol. The molecule has 3 aliphatic heterocycles. The molecule has 0 saturated carbocycles. The van der Waals surface area contributed by atoms with E-state index < -0.39 is 29.5 Å². The fourth-order valence-corrected chi connectivity index (χ4v) is 4.25. The van der Waals surface area contributed by atoms with Crippen LogP contribution in [0.1, 0.15) is 5.56 Å². The number of halogens is 2. The van der Waals surface area contributed by atoms with Crippen molar-refractivity contribution < 1.29 is 19.4 Å². The van der Waals surface area contributed by atoms with Gasteiger partial charge in [-0.15, -0.1) is 0 Å². The van der Waals surface area contributed by atoms with Crippen molar-refractivity contribution in [1.82, 2.24) is 4.90 Å². The highest BCUT2D eigenvalue weighted by Gasteiger charge is 2.67. The zero-order valence-corrected chi connectivity index (χ0v) is 13.4. The van der Waals surface area contributed by atoms with Gasteiger partial charge in [0.1, 0.15) is 11.5 Å². The smallest absolute Gasteiger partial charge is 0.310 e. The van der Waals surface area contributed by atoms with Crippen molar-refractivity contribution in [2.75, 3.05) is 6.54 Å². The number of nitrogens with zero attached hydrogens (tertiary/aromatic N) is 1. The van der Waals surface area contributed by atoms with Crippen molar-refractivity contribution in [3.8, 4) is 0 Å². The molecule has 0 unspecified atom stereocenters. The Morgan fingerprint density at radius 3 is 2.96 bits per heavy atom. The van der Waals surface area contributed by atoms with Gasteiger partial charge >= 0.3 is 5.97 Å². The molecule has 4 atom stereocenters. The van der Waals surface area contributed by atoms with Gasteiger partial charge < -0.3 is 14.7 Å². The highest BCUT2D eigenvalue weighted by Crippen LogP contribution is 2.52. The number of ether oxygens (including phenoxy) is 1. The lowest BCUT2D eigenvalue weighted by atomic mass is 9.77. The fourth-order valence-electron chi connectivity index (χ4n) is 3.87. The van der Waals surface area contributed by atoms with Crippen molar-refractivity contribution in [3.63, 3.8) is 0 Å². The molecule has 4 rings (SSSR count). The molecule has 1 N–H and O–H groups in total. The lowest BCUT2D eigenvalue weighted by molar-refractivity contribution is -0.148. The van der Waals surface area contributed by atoms with E-state index in [9.17, 15) is 14.7 Å². The number of benzene rings is 1. The Kier molecular flexibility index (Phi) is 3.24. The molecule has 120 valence electrons. The summed E-state index contributed by atoms with van der Waals surface area (Å²) in [5.41, 5.74) is -0.0927. The van der Waals surface area contributed by atoms with Crippen LogP contribution in [0.25, 0.3) is 0 Å². The molecule has 3 aliphatic rings. The van der Waals surface area contributed by atoms with E-state index in [2.05, 4.69) is 0 Å². The molecule has 1 spiro atoms. The summed E-state index contributed by atoms with van der Waals surface area (Å²) in [6.07, 6.45) is 3.07. The van der Waals surface area contributed by atoms with Gasteiger partial charge in [-0.2, -0.15) is 0 Å². The van der Waals surface area contributed by atoms with Gasteiger partial charge in [-0.25, -0.2) is 0 Å². The van der Waals surface area contributed by atoms with E-state index in [-0.39, 0.29) is 12.5 Å². The molecule has 5 nitrogen and oxygen atoms in total. The Morgan fingerprint density at radius 2 is 2.22 bits per heavy atom. The Hall–Kier alpha value is -1.56. The van der Waals surface area contributed by atoms with Crippen LogP contribution in [0.15, 0.2) is 30.4 Å². The summed E-state index contributed by atoms with van der Waals surface area (Å²) in [6.45, 7) is 0.612. The molecule has 7 heteroatoms. The number of likely N-dealkylation sites (tertiary alicyclic amines) is 1. The van der Waals surface area contributed by atoms with Gasteiger partial charge in [-0.05, 0) is 11.6 Å². The maximum atomic E-state index is 12.8. The molecule has 3 heterocycles. The van der Waals surface area contributed by atoms with Crippen molar-refractivity contribution >= 4 is 35.1 Å². The quantitative estimate of drug-likeness (QED) is 0.847. The predicted molar refractivity (Wildman–Crippen MR) is 83.2 cm³/mol. The van der Waals surface area contributed by atoms with E-state index in [1.54, 1.807) is 29.2 Å². The minimum Gasteiger partial charge on any atom is -0.481 e. The molecule has 1 amide bonds. The van der Waals surface area contributed by atoms with Crippen LogP contribution in [-0.2, 0) is 20.9 Å². The van der Waals surface area contributed by atoms with Crippen LogP contribution in [0.4, 0.5) is 0 Å². The number of aliphatic carboxylic acids is 1. The first-order valence-corrected chi connectivity index (χ1v) is 8.00. The first-order valence-electron chi connectivity index (χ1n) is 7.24. The van der Waals surface area contributed by atoms with E-state index in [0.29, 0.717) is 16.6 Å². The minimum absolute atomic E-state index is 0.208. The zero-order chi connectivity index (χ0) is 16.4. The summed E-state index contributed by atoms with van der Waals surface area (Å²) in [5, 5.41) is 10.3. The number of carbonyl (C=O) groups is 2. The average Bonchev–Trinajstić information content (AvgIpc) is 3.13. The lowest BCUT2D eigenvalue weighted by Gasteiger charge is -2.21. The van der Waals surface area contributed by atoms with Crippen LogP contribution in [0.2, 0.25) is 10.0 Å².